The number of rotatable bonds is 4. The Kier molecular flexibility index (Phi) is 4.73. The van der Waals surface area contributed by atoms with Gasteiger partial charge in [0.05, 0.1) is 5.60 Å². The van der Waals surface area contributed by atoms with Crippen molar-refractivity contribution in [1.82, 2.24) is 4.90 Å². The minimum atomic E-state index is -0.569. The Hall–Kier alpha value is -1.46. The maximum absolute atomic E-state index is 13.0. The highest BCUT2D eigenvalue weighted by Crippen LogP contribution is 2.21. The van der Waals surface area contributed by atoms with Crippen LogP contribution in [0.2, 0.25) is 0 Å². The summed E-state index contributed by atoms with van der Waals surface area (Å²) in [6.45, 7) is 4.12. The number of carbonyl (C=O) groups is 1. The fourth-order valence-corrected chi connectivity index (χ4v) is 2.31. The summed E-state index contributed by atoms with van der Waals surface area (Å²) in [4.78, 5) is 14.0. The van der Waals surface area contributed by atoms with E-state index in [9.17, 15) is 14.3 Å². The van der Waals surface area contributed by atoms with Crippen molar-refractivity contribution in [3.8, 4) is 0 Å². The van der Waals surface area contributed by atoms with Gasteiger partial charge in [-0.2, -0.15) is 0 Å². The molecule has 1 heterocycles. The molecule has 1 aromatic rings. The van der Waals surface area contributed by atoms with Crippen molar-refractivity contribution < 1.29 is 14.3 Å². The SMILES string of the molecule is CC1(O)CCN(CCC(=O)Nc2cccc(F)c2)CC1. The van der Waals surface area contributed by atoms with E-state index in [4.69, 9.17) is 0 Å². The molecular formula is C15H21FN2O2. The summed E-state index contributed by atoms with van der Waals surface area (Å²) < 4.78 is 13.0. The zero-order chi connectivity index (χ0) is 14.6. The molecule has 1 fully saturated rings. The third-order valence-electron chi connectivity index (χ3n) is 3.70. The lowest BCUT2D eigenvalue weighted by molar-refractivity contribution is -0.116. The van der Waals surface area contributed by atoms with Gasteiger partial charge in [0.15, 0.2) is 0 Å². The summed E-state index contributed by atoms with van der Waals surface area (Å²) in [5, 5.41) is 12.5. The van der Waals surface area contributed by atoms with E-state index in [-0.39, 0.29) is 11.7 Å². The van der Waals surface area contributed by atoms with Crippen LogP contribution in [-0.2, 0) is 4.79 Å². The van der Waals surface area contributed by atoms with E-state index in [0.29, 0.717) is 18.7 Å². The number of hydrogen-bond donors (Lipinski definition) is 2. The maximum Gasteiger partial charge on any atom is 0.225 e. The standard InChI is InChI=1S/C15H21FN2O2/c1-15(20)6-9-18(10-7-15)8-5-14(19)17-13-4-2-3-12(16)11-13/h2-4,11,20H,5-10H2,1H3,(H,17,19). The van der Waals surface area contributed by atoms with E-state index in [1.54, 1.807) is 12.1 Å². The number of aliphatic hydroxyl groups is 1. The third-order valence-corrected chi connectivity index (χ3v) is 3.70. The lowest BCUT2D eigenvalue weighted by Gasteiger charge is -2.35. The van der Waals surface area contributed by atoms with Gasteiger partial charge in [-0.05, 0) is 38.0 Å². The molecule has 0 unspecified atom stereocenters. The van der Waals surface area contributed by atoms with Crippen LogP contribution in [0.5, 0.6) is 0 Å². The normalized spacial score (nSPS) is 18.8. The Balaban J connectivity index is 1.73. The molecule has 0 spiro atoms. The molecule has 1 aliphatic rings. The largest absolute Gasteiger partial charge is 0.390 e. The highest BCUT2D eigenvalue weighted by molar-refractivity contribution is 5.90. The van der Waals surface area contributed by atoms with E-state index < -0.39 is 5.60 Å². The second kappa shape index (κ2) is 6.33. The number of nitrogens with one attached hydrogen (secondary N) is 1. The predicted molar refractivity (Wildman–Crippen MR) is 75.9 cm³/mol. The van der Waals surface area contributed by atoms with Crippen LogP contribution in [0.25, 0.3) is 0 Å². The number of nitrogens with zero attached hydrogens (tertiary/aromatic N) is 1. The van der Waals surface area contributed by atoms with Crippen molar-refractivity contribution >= 4 is 11.6 Å². The number of anilines is 1. The first-order chi connectivity index (χ1) is 9.44. The quantitative estimate of drug-likeness (QED) is 0.887. The molecule has 0 bridgehead atoms. The Morgan fingerprint density at radius 3 is 2.80 bits per heavy atom. The van der Waals surface area contributed by atoms with Gasteiger partial charge in [0.25, 0.3) is 0 Å². The van der Waals surface area contributed by atoms with Gasteiger partial charge in [-0.15, -0.1) is 0 Å². The molecule has 0 aliphatic carbocycles. The Labute approximate surface area is 118 Å². The van der Waals surface area contributed by atoms with Gasteiger partial charge >= 0.3 is 0 Å². The van der Waals surface area contributed by atoms with Crippen LogP contribution in [0, 0.1) is 5.82 Å². The molecular weight excluding hydrogens is 259 g/mol. The number of benzene rings is 1. The van der Waals surface area contributed by atoms with Gasteiger partial charge in [-0.1, -0.05) is 6.07 Å². The topological polar surface area (TPSA) is 52.6 Å². The summed E-state index contributed by atoms with van der Waals surface area (Å²) in [5.41, 5.74) is -0.0862. The molecule has 1 saturated heterocycles. The molecule has 1 aromatic carbocycles. The molecule has 0 radical (unpaired) electrons. The lowest BCUT2D eigenvalue weighted by atomic mass is 9.94. The Morgan fingerprint density at radius 1 is 1.45 bits per heavy atom. The van der Waals surface area contributed by atoms with Gasteiger partial charge < -0.3 is 15.3 Å². The van der Waals surface area contributed by atoms with E-state index in [2.05, 4.69) is 10.2 Å². The number of carbonyl (C=O) groups excluding carboxylic acids is 1. The minimum Gasteiger partial charge on any atom is -0.390 e. The van der Waals surface area contributed by atoms with Gasteiger partial charge in [0.2, 0.25) is 5.91 Å². The summed E-state index contributed by atoms with van der Waals surface area (Å²) >= 11 is 0. The molecule has 20 heavy (non-hydrogen) atoms. The van der Waals surface area contributed by atoms with E-state index >= 15 is 0 Å². The summed E-state index contributed by atoms with van der Waals surface area (Å²) in [6, 6.07) is 5.88. The van der Waals surface area contributed by atoms with Crippen LogP contribution in [-0.4, -0.2) is 41.1 Å². The first kappa shape index (κ1) is 14.9. The van der Waals surface area contributed by atoms with Crippen molar-refractivity contribution in [2.45, 2.75) is 31.8 Å². The van der Waals surface area contributed by atoms with Gasteiger partial charge in [0.1, 0.15) is 5.82 Å². The number of likely N-dealkylation sites (tertiary alicyclic amines) is 1. The fraction of sp³-hybridized carbons (Fsp3) is 0.533. The Bertz CT molecular complexity index is 467. The second-order valence-electron chi connectivity index (χ2n) is 5.65. The zero-order valence-corrected chi connectivity index (χ0v) is 11.7. The lowest BCUT2D eigenvalue weighted by Crippen LogP contribution is -2.43. The first-order valence-electron chi connectivity index (χ1n) is 6.95. The molecule has 0 saturated carbocycles. The third kappa shape index (κ3) is 4.58. The van der Waals surface area contributed by atoms with E-state index in [1.165, 1.54) is 12.1 Å². The Morgan fingerprint density at radius 2 is 2.15 bits per heavy atom. The number of piperidine rings is 1. The average Bonchev–Trinajstić information content (AvgIpc) is 2.37. The van der Waals surface area contributed by atoms with Crippen molar-refractivity contribution in [3.05, 3.63) is 30.1 Å². The van der Waals surface area contributed by atoms with Gasteiger partial charge in [-0.25, -0.2) is 4.39 Å². The highest BCUT2D eigenvalue weighted by atomic mass is 19.1. The minimum absolute atomic E-state index is 0.118. The molecule has 2 rings (SSSR count). The van der Waals surface area contributed by atoms with Crippen molar-refractivity contribution in [2.24, 2.45) is 0 Å². The van der Waals surface area contributed by atoms with Crippen LogP contribution in [0.3, 0.4) is 0 Å². The predicted octanol–water partition coefficient (Wildman–Crippen LogP) is 2.00. The molecule has 1 amide bonds. The van der Waals surface area contributed by atoms with Crippen LogP contribution in [0.1, 0.15) is 26.2 Å². The maximum atomic E-state index is 13.0. The molecule has 110 valence electrons. The molecule has 1 aliphatic heterocycles. The first-order valence-corrected chi connectivity index (χ1v) is 6.95. The van der Waals surface area contributed by atoms with Crippen molar-refractivity contribution in [3.63, 3.8) is 0 Å². The summed E-state index contributed by atoms with van der Waals surface area (Å²) in [5.74, 6) is -0.478. The van der Waals surface area contributed by atoms with Gasteiger partial charge in [0, 0.05) is 31.7 Å². The fourth-order valence-electron chi connectivity index (χ4n) is 2.31. The number of hydrogen-bond acceptors (Lipinski definition) is 3. The number of halogens is 1. The van der Waals surface area contributed by atoms with Crippen molar-refractivity contribution in [2.75, 3.05) is 25.0 Å². The second-order valence-corrected chi connectivity index (χ2v) is 5.65. The monoisotopic (exact) mass is 280 g/mol. The smallest absolute Gasteiger partial charge is 0.225 e. The van der Waals surface area contributed by atoms with Crippen molar-refractivity contribution in [1.29, 1.82) is 0 Å². The number of amides is 1. The molecule has 4 nitrogen and oxygen atoms in total. The van der Waals surface area contributed by atoms with Gasteiger partial charge in [-0.3, -0.25) is 4.79 Å². The molecule has 0 atom stereocenters. The average molecular weight is 280 g/mol. The van der Waals surface area contributed by atoms with Crippen LogP contribution in [0.15, 0.2) is 24.3 Å². The van der Waals surface area contributed by atoms with E-state index in [1.807, 2.05) is 6.92 Å². The molecule has 5 heteroatoms. The molecule has 0 aromatic heterocycles. The highest BCUT2D eigenvalue weighted by Gasteiger charge is 2.27. The summed E-state index contributed by atoms with van der Waals surface area (Å²) in [7, 11) is 0. The summed E-state index contributed by atoms with van der Waals surface area (Å²) in [6.07, 6.45) is 1.84. The van der Waals surface area contributed by atoms with Crippen LogP contribution < -0.4 is 5.32 Å². The van der Waals surface area contributed by atoms with Crippen LogP contribution >= 0.6 is 0 Å². The zero-order valence-electron chi connectivity index (χ0n) is 11.7. The molecule has 2 N–H and O–H groups in total. The van der Waals surface area contributed by atoms with E-state index in [0.717, 1.165) is 25.9 Å². The van der Waals surface area contributed by atoms with Crippen LogP contribution in [0.4, 0.5) is 10.1 Å².